The number of nitrogens with one attached hydrogen (secondary N) is 2. The third kappa shape index (κ3) is 3.27. The predicted octanol–water partition coefficient (Wildman–Crippen LogP) is 1.85. The third-order valence-electron chi connectivity index (χ3n) is 6.24. The predicted molar refractivity (Wildman–Crippen MR) is 116 cm³/mol. The average Bonchev–Trinajstić information content (AvgIpc) is 3.12. The highest BCUT2D eigenvalue weighted by Gasteiger charge is 2.36. The Kier molecular flexibility index (Phi) is 4.82. The first-order chi connectivity index (χ1) is 15.5. The smallest absolute Gasteiger partial charge is 0.318 e. The van der Waals surface area contributed by atoms with Crippen LogP contribution >= 0.6 is 0 Å². The van der Waals surface area contributed by atoms with Gasteiger partial charge >= 0.3 is 6.03 Å². The topological polar surface area (TPSA) is 107 Å². The van der Waals surface area contributed by atoms with Crippen LogP contribution in [0.15, 0.2) is 48.5 Å². The number of fused-ring (bicyclic) bond motifs is 6. The molecule has 3 N–H and O–H groups in total. The Labute approximate surface area is 184 Å². The van der Waals surface area contributed by atoms with Gasteiger partial charge in [-0.1, -0.05) is 30.3 Å². The number of benzene rings is 2. The fourth-order valence-electron chi connectivity index (χ4n) is 4.63. The minimum Gasteiger partial charge on any atom is -0.338 e. The van der Waals surface area contributed by atoms with E-state index in [1.165, 1.54) is 4.90 Å². The largest absolute Gasteiger partial charge is 0.338 e. The molecule has 2 aromatic carbocycles. The first-order valence-electron chi connectivity index (χ1n) is 10.4. The van der Waals surface area contributed by atoms with Crippen LogP contribution in [0.1, 0.15) is 33.2 Å². The lowest BCUT2D eigenvalue weighted by molar-refractivity contribution is -0.133. The van der Waals surface area contributed by atoms with Crippen LogP contribution in [0.5, 0.6) is 0 Å². The van der Waals surface area contributed by atoms with E-state index in [9.17, 15) is 14.4 Å². The summed E-state index contributed by atoms with van der Waals surface area (Å²) in [6.45, 7) is 1.50. The molecule has 2 aliphatic heterocycles. The van der Waals surface area contributed by atoms with E-state index >= 15 is 0 Å². The highest BCUT2D eigenvalue weighted by atomic mass is 16.5. The molecule has 1 fully saturated rings. The zero-order valence-corrected chi connectivity index (χ0v) is 17.5. The van der Waals surface area contributed by atoms with E-state index in [0.29, 0.717) is 25.2 Å². The Morgan fingerprint density at radius 3 is 2.62 bits per heavy atom. The molecule has 3 aromatic rings. The Morgan fingerprint density at radius 2 is 1.88 bits per heavy atom. The number of rotatable bonds is 3. The first-order valence-corrected chi connectivity index (χ1v) is 10.4. The molecule has 164 valence electrons. The number of aromatic nitrogens is 1. The van der Waals surface area contributed by atoms with Crippen molar-refractivity contribution in [2.45, 2.75) is 19.1 Å². The summed E-state index contributed by atoms with van der Waals surface area (Å²) in [6.07, 6.45) is 0. The summed E-state index contributed by atoms with van der Waals surface area (Å²) in [4.78, 5) is 40.2. The highest BCUT2D eigenvalue weighted by Crippen LogP contribution is 2.37. The molecule has 0 aliphatic carbocycles. The van der Waals surface area contributed by atoms with Crippen LogP contribution in [-0.2, 0) is 17.9 Å². The van der Waals surface area contributed by atoms with Crippen molar-refractivity contribution in [2.75, 3.05) is 20.1 Å². The van der Waals surface area contributed by atoms with E-state index in [2.05, 4.69) is 9.88 Å². The van der Waals surface area contributed by atoms with Gasteiger partial charge in [0.1, 0.15) is 6.54 Å². The van der Waals surface area contributed by atoms with Crippen LogP contribution in [0.25, 0.3) is 10.9 Å². The fourth-order valence-corrected chi connectivity index (χ4v) is 4.63. The lowest BCUT2D eigenvalue weighted by Gasteiger charge is -2.38. The van der Waals surface area contributed by atoms with Gasteiger partial charge < -0.3 is 19.7 Å². The summed E-state index contributed by atoms with van der Waals surface area (Å²) in [7, 11) is 1.63. The van der Waals surface area contributed by atoms with E-state index < -0.39 is 5.91 Å². The number of urea groups is 1. The molecule has 0 radical (unpaired) electrons. The van der Waals surface area contributed by atoms with Crippen molar-refractivity contribution in [1.82, 2.24) is 25.2 Å². The number of hydrogen-bond donors (Lipinski definition) is 3. The molecule has 1 unspecified atom stereocenters. The standard InChI is InChI=1S/C23H23N5O4/c1-26-13-20(29)27-11-17(24-23(26)31)21-16-4-2-3-5-18(16)28(19(21)12-27)10-14-6-8-15(9-7-14)22(30)25-32/h2-9,17,32H,10-13H2,1H3,(H,24,31)(H,25,30). The maximum absolute atomic E-state index is 12.8. The van der Waals surface area contributed by atoms with Crippen LogP contribution in [0.2, 0.25) is 0 Å². The van der Waals surface area contributed by atoms with Gasteiger partial charge in [-0.15, -0.1) is 0 Å². The van der Waals surface area contributed by atoms with Gasteiger partial charge in [-0.2, -0.15) is 0 Å². The Balaban J connectivity index is 1.60. The summed E-state index contributed by atoms with van der Waals surface area (Å²) < 4.78 is 2.18. The molecule has 0 saturated carbocycles. The van der Waals surface area contributed by atoms with Crippen molar-refractivity contribution in [2.24, 2.45) is 0 Å². The highest BCUT2D eigenvalue weighted by molar-refractivity contribution is 5.93. The van der Waals surface area contributed by atoms with Gasteiger partial charge in [-0.3, -0.25) is 14.8 Å². The molecular weight excluding hydrogens is 410 g/mol. The lowest BCUT2D eigenvalue weighted by atomic mass is 9.97. The molecule has 4 amide bonds. The van der Waals surface area contributed by atoms with E-state index in [-0.39, 0.29) is 24.5 Å². The molecule has 1 atom stereocenters. The Morgan fingerprint density at radius 1 is 1.12 bits per heavy atom. The van der Waals surface area contributed by atoms with E-state index in [0.717, 1.165) is 27.7 Å². The summed E-state index contributed by atoms with van der Waals surface area (Å²) in [5.74, 6) is -0.637. The van der Waals surface area contributed by atoms with Crippen LogP contribution < -0.4 is 10.8 Å². The van der Waals surface area contributed by atoms with Crippen molar-refractivity contribution in [3.63, 3.8) is 0 Å². The second-order valence-corrected chi connectivity index (χ2v) is 8.23. The van der Waals surface area contributed by atoms with Crippen molar-refractivity contribution in [1.29, 1.82) is 0 Å². The molecule has 1 aromatic heterocycles. The fraction of sp³-hybridized carbons (Fsp3) is 0.261. The maximum Gasteiger partial charge on any atom is 0.318 e. The maximum atomic E-state index is 12.8. The molecule has 9 heteroatoms. The van der Waals surface area contributed by atoms with E-state index in [1.54, 1.807) is 29.6 Å². The molecule has 2 bridgehead atoms. The summed E-state index contributed by atoms with van der Waals surface area (Å²) in [5, 5.41) is 13.0. The SMILES string of the molecule is CN1CC(=O)N2Cc3c(c4ccccc4n3Cc3ccc(C(=O)NO)cc3)C(C2)NC1=O. The zero-order chi connectivity index (χ0) is 22.4. The van der Waals surface area contributed by atoms with Gasteiger partial charge in [0.25, 0.3) is 5.91 Å². The lowest BCUT2D eigenvalue weighted by Crippen LogP contribution is -2.54. The van der Waals surface area contributed by atoms with Crippen LogP contribution in [-0.4, -0.2) is 57.6 Å². The zero-order valence-electron chi connectivity index (χ0n) is 17.5. The molecule has 0 spiro atoms. The van der Waals surface area contributed by atoms with E-state index in [4.69, 9.17) is 5.21 Å². The number of nitrogens with zero attached hydrogens (tertiary/aromatic N) is 3. The van der Waals surface area contributed by atoms with Crippen molar-refractivity contribution < 1.29 is 19.6 Å². The second kappa shape index (κ2) is 7.69. The van der Waals surface area contributed by atoms with Crippen LogP contribution in [0.3, 0.4) is 0 Å². The minimum absolute atomic E-state index is 0.0441. The molecule has 3 heterocycles. The third-order valence-corrected chi connectivity index (χ3v) is 6.24. The molecule has 32 heavy (non-hydrogen) atoms. The van der Waals surface area contributed by atoms with Gasteiger partial charge in [-0.25, -0.2) is 10.3 Å². The molecule has 2 aliphatic rings. The van der Waals surface area contributed by atoms with Gasteiger partial charge in [0.05, 0.1) is 12.6 Å². The molecular formula is C23H23N5O4. The molecule has 5 rings (SSSR count). The number of likely N-dealkylation sites (N-methyl/N-ethyl adjacent to an activating group) is 1. The monoisotopic (exact) mass is 433 g/mol. The molecule has 9 nitrogen and oxygen atoms in total. The van der Waals surface area contributed by atoms with Gasteiger partial charge in [0.15, 0.2) is 0 Å². The number of hydrogen-bond acceptors (Lipinski definition) is 4. The Bertz CT molecular complexity index is 1230. The first kappa shape index (κ1) is 20.1. The Hall–Kier alpha value is -3.85. The van der Waals surface area contributed by atoms with E-state index in [1.807, 2.05) is 36.4 Å². The number of para-hydroxylation sites is 1. The van der Waals surface area contributed by atoms with Crippen LogP contribution in [0, 0.1) is 0 Å². The number of carbonyl (C=O) groups excluding carboxylic acids is 3. The second-order valence-electron chi connectivity index (χ2n) is 8.23. The summed E-state index contributed by atoms with van der Waals surface area (Å²) in [5.41, 5.74) is 6.04. The summed E-state index contributed by atoms with van der Waals surface area (Å²) in [6, 6.07) is 14.5. The number of hydroxylamine groups is 1. The number of amides is 4. The van der Waals surface area contributed by atoms with Gasteiger partial charge in [0, 0.05) is 47.9 Å². The van der Waals surface area contributed by atoms with Gasteiger partial charge in [0.2, 0.25) is 5.91 Å². The van der Waals surface area contributed by atoms with Gasteiger partial charge in [-0.05, 0) is 23.8 Å². The average molecular weight is 433 g/mol. The quantitative estimate of drug-likeness (QED) is 0.433. The van der Waals surface area contributed by atoms with Crippen LogP contribution in [0.4, 0.5) is 4.79 Å². The van der Waals surface area contributed by atoms with Crippen molar-refractivity contribution in [3.8, 4) is 0 Å². The van der Waals surface area contributed by atoms with Crippen molar-refractivity contribution >= 4 is 28.7 Å². The number of carbonyl (C=O) groups is 3. The summed E-state index contributed by atoms with van der Waals surface area (Å²) >= 11 is 0. The van der Waals surface area contributed by atoms with Crippen molar-refractivity contribution in [3.05, 3.63) is 70.9 Å². The normalized spacial score (nSPS) is 18.1. The minimum atomic E-state index is -0.562. The molecule has 1 saturated heterocycles.